The third kappa shape index (κ3) is 2.30. The lowest BCUT2D eigenvalue weighted by atomic mass is 10.3. The molecule has 0 fully saturated rings. The highest BCUT2D eigenvalue weighted by Crippen LogP contribution is 2.23. The number of nitrogens with two attached hydrogens (primary N) is 1. The fourth-order valence-electron chi connectivity index (χ4n) is 0.633. The topological polar surface area (TPSA) is 38.0 Å². The maximum absolute atomic E-state index is 12.5. The van der Waals surface area contributed by atoms with Gasteiger partial charge < -0.3 is 5.43 Å². The minimum atomic E-state index is -0.929. The van der Waals surface area contributed by atoms with E-state index >= 15 is 0 Å². The zero-order valence-electron chi connectivity index (χ0n) is 5.77. The monoisotopic (exact) mass is 258 g/mol. The summed E-state index contributed by atoms with van der Waals surface area (Å²) >= 11 is 2.99. The van der Waals surface area contributed by atoms with Crippen molar-refractivity contribution in [1.29, 1.82) is 0 Å². The lowest BCUT2D eigenvalue weighted by Crippen LogP contribution is -2.07. The lowest BCUT2D eigenvalue weighted by Gasteiger charge is -2.02. The van der Waals surface area contributed by atoms with Crippen molar-refractivity contribution in [2.45, 2.75) is 0 Å². The van der Waals surface area contributed by atoms with E-state index in [1.165, 1.54) is 0 Å². The van der Waals surface area contributed by atoms with Crippen LogP contribution in [0.4, 0.5) is 14.5 Å². The summed E-state index contributed by atoms with van der Waals surface area (Å²) in [6.07, 6.45) is 0. The SMILES string of the molecule is Cl.NNc1cc(F)c(F)cc1Br. The Hall–Kier alpha value is -0.390. The van der Waals surface area contributed by atoms with E-state index < -0.39 is 11.6 Å². The smallest absolute Gasteiger partial charge is 0.161 e. The Balaban J connectivity index is 0.00000121. The molecule has 3 N–H and O–H groups in total. The second-order valence-corrected chi connectivity index (χ2v) is 2.74. The molecule has 0 aliphatic carbocycles. The molecule has 0 aliphatic heterocycles. The Morgan fingerprint density at radius 2 is 1.75 bits per heavy atom. The zero-order valence-corrected chi connectivity index (χ0v) is 8.18. The first-order valence-electron chi connectivity index (χ1n) is 2.76. The summed E-state index contributed by atoms with van der Waals surface area (Å²) in [5, 5.41) is 0. The molecule has 0 unspecified atom stereocenters. The van der Waals surface area contributed by atoms with Crippen LogP contribution in [0.5, 0.6) is 0 Å². The molecule has 0 radical (unpaired) electrons. The number of nitrogens with one attached hydrogen (secondary N) is 1. The normalized spacial score (nSPS) is 9.00. The van der Waals surface area contributed by atoms with Gasteiger partial charge in [-0.2, -0.15) is 0 Å². The van der Waals surface area contributed by atoms with Crippen LogP contribution < -0.4 is 11.3 Å². The predicted octanol–water partition coefficient (Wildman–Crippen LogP) is 2.43. The van der Waals surface area contributed by atoms with Gasteiger partial charge >= 0.3 is 0 Å². The van der Waals surface area contributed by atoms with Crippen molar-refractivity contribution < 1.29 is 8.78 Å². The van der Waals surface area contributed by atoms with E-state index in [0.717, 1.165) is 12.1 Å². The molecule has 0 spiro atoms. The van der Waals surface area contributed by atoms with Gasteiger partial charge in [0.2, 0.25) is 0 Å². The highest BCUT2D eigenvalue weighted by molar-refractivity contribution is 9.10. The van der Waals surface area contributed by atoms with Crippen LogP contribution in [0.1, 0.15) is 0 Å². The number of benzene rings is 1. The van der Waals surface area contributed by atoms with Gasteiger partial charge in [-0.15, -0.1) is 12.4 Å². The van der Waals surface area contributed by atoms with Gasteiger partial charge in [0.15, 0.2) is 11.6 Å². The van der Waals surface area contributed by atoms with Crippen LogP contribution >= 0.6 is 28.3 Å². The van der Waals surface area contributed by atoms with Crippen molar-refractivity contribution in [3.05, 3.63) is 28.2 Å². The molecule has 0 aromatic heterocycles. The molecule has 12 heavy (non-hydrogen) atoms. The molecule has 0 atom stereocenters. The van der Waals surface area contributed by atoms with Crippen molar-refractivity contribution in [1.82, 2.24) is 0 Å². The highest BCUT2D eigenvalue weighted by Gasteiger charge is 2.05. The predicted molar refractivity (Wildman–Crippen MR) is 49.1 cm³/mol. The second kappa shape index (κ2) is 4.59. The van der Waals surface area contributed by atoms with Gasteiger partial charge in [-0.3, -0.25) is 5.84 Å². The van der Waals surface area contributed by atoms with E-state index in [-0.39, 0.29) is 12.4 Å². The Kier molecular flexibility index (Phi) is 4.44. The number of nitrogen functional groups attached to an aromatic ring is 1. The second-order valence-electron chi connectivity index (χ2n) is 1.89. The molecule has 1 aromatic carbocycles. The van der Waals surface area contributed by atoms with Gasteiger partial charge in [0.05, 0.1) is 5.69 Å². The van der Waals surface area contributed by atoms with E-state index in [0.29, 0.717) is 10.2 Å². The molecule has 0 heterocycles. The molecule has 6 heteroatoms. The largest absolute Gasteiger partial charge is 0.323 e. The van der Waals surface area contributed by atoms with Crippen molar-refractivity contribution in [2.75, 3.05) is 5.43 Å². The fourth-order valence-corrected chi connectivity index (χ4v) is 1.06. The van der Waals surface area contributed by atoms with E-state index in [4.69, 9.17) is 5.84 Å². The van der Waals surface area contributed by atoms with Gasteiger partial charge in [-0.1, -0.05) is 0 Å². The van der Waals surface area contributed by atoms with Gasteiger partial charge in [-0.25, -0.2) is 8.78 Å². The molecule has 0 amide bonds. The standard InChI is InChI=1S/C6H5BrF2N2.ClH/c7-3-1-4(8)5(9)2-6(3)11-10;/h1-2,11H,10H2;1H. The van der Waals surface area contributed by atoms with Crippen LogP contribution in [0.15, 0.2) is 16.6 Å². The minimum absolute atomic E-state index is 0. The maximum atomic E-state index is 12.5. The van der Waals surface area contributed by atoms with Gasteiger partial charge in [0.25, 0.3) is 0 Å². The minimum Gasteiger partial charge on any atom is -0.323 e. The van der Waals surface area contributed by atoms with Crippen molar-refractivity contribution in [3.8, 4) is 0 Å². The lowest BCUT2D eigenvalue weighted by molar-refractivity contribution is 0.508. The summed E-state index contributed by atoms with van der Waals surface area (Å²) in [7, 11) is 0. The molecule has 0 saturated heterocycles. The third-order valence-corrected chi connectivity index (χ3v) is 1.82. The van der Waals surface area contributed by atoms with Gasteiger partial charge in [-0.05, 0) is 22.0 Å². The fraction of sp³-hybridized carbons (Fsp3) is 0. The van der Waals surface area contributed by atoms with Gasteiger partial charge in [0.1, 0.15) is 0 Å². The van der Waals surface area contributed by atoms with Crippen molar-refractivity contribution in [2.24, 2.45) is 5.84 Å². The molecule has 1 rings (SSSR count). The van der Waals surface area contributed by atoms with E-state index in [9.17, 15) is 8.78 Å². The first-order chi connectivity index (χ1) is 5.15. The summed E-state index contributed by atoms with van der Waals surface area (Å²) in [5.74, 6) is 3.16. The van der Waals surface area contributed by atoms with Crippen LogP contribution in [0.3, 0.4) is 0 Å². The summed E-state index contributed by atoms with van der Waals surface area (Å²) < 4.78 is 25.3. The van der Waals surface area contributed by atoms with Crippen LogP contribution in [-0.2, 0) is 0 Å². The van der Waals surface area contributed by atoms with Crippen LogP contribution in [0.2, 0.25) is 0 Å². The first kappa shape index (κ1) is 11.6. The van der Waals surface area contributed by atoms with Crippen molar-refractivity contribution >= 4 is 34.0 Å². The van der Waals surface area contributed by atoms with Crippen LogP contribution in [-0.4, -0.2) is 0 Å². The van der Waals surface area contributed by atoms with E-state index in [1.54, 1.807) is 0 Å². The summed E-state index contributed by atoms with van der Waals surface area (Å²) in [5.41, 5.74) is 2.52. The molecule has 68 valence electrons. The van der Waals surface area contributed by atoms with Crippen LogP contribution in [0, 0.1) is 11.6 Å². The number of hydrazine groups is 1. The zero-order chi connectivity index (χ0) is 8.43. The summed E-state index contributed by atoms with van der Waals surface area (Å²) in [6.45, 7) is 0. The highest BCUT2D eigenvalue weighted by atomic mass is 79.9. The maximum Gasteiger partial charge on any atom is 0.161 e. The number of rotatable bonds is 1. The number of hydrogen-bond acceptors (Lipinski definition) is 2. The van der Waals surface area contributed by atoms with Gasteiger partial charge in [0, 0.05) is 10.5 Å². The summed E-state index contributed by atoms with van der Waals surface area (Å²) in [4.78, 5) is 0. The molecule has 0 saturated carbocycles. The number of anilines is 1. The van der Waals surface area contributed by atoms with E-state index in [2.05, 4.69) is 21.4 Å². The molecule has 2 nitrogen and oxygen atoms in total. The molecule has 0 bridgehead atoms. The van der Waals surface area contributed by atoms with Crippen LogP contribution in [0.25, 0.3) is 0 Å². The molecular formula is C6H6BrClF2N2. The van der Waals surface area contributed by atoms with E-state index in [1.807, 2.05) is 0 Å². The number of hydrogen-bond donors (Lipinski definition) is 2. The molecular weight excluding hydrogens is 253 g/mol. The Labute approximate surface area is 82.6 Å². The average Bonchev–Trinajstić information content (AvgIpc) is 1.97. The average molecular weight is 259 g/mol. The summed E-state index contributed by atoms with van der Waals surface area (Å²) in [6, 6.07) is 1.98. The Bertz CT molecular complexity index is 282. The molecule has 0 aliphatic rings. The molecule has 1 aromatic rings. The third-order valence-electron chi connectivity index (χ3n) is 1.17. The Morgan fingerprint density at radius 1 is 1.25 bits per heavy atom. The number of halogens is 4. The Morgan fingerprint density at radius 3 is 2.25 bits per heavy atom. The van der Waals surface area contributed by atoms with Crippen molar-refractivity contribution in [3.63, 3.8) is 0 Å². The first-order valence-corrected chi connectivity index (χ1v) is 3.55. The quantitative estimate of drug-likeness (QED) is 0.462.